The van der Waals surface area contributed by atoms with Crippen molar-refractivity contribution in [2.45, 2.75) is 315 Å². The number of likely N-dealkylation sites (N-methyl/N-ethyl adjacent to an activating group) is 1. The standard InChI is InChI=1S/C56H115N2O6P/c1-6-8-10-11-12-13-14-15-16-17-18-19-20-21-22-23-24-25-26-27-28-29-30-31-32-33-34-35-36-37-38-39-40-41-42-43-44-45-46-48-50-56(60)57-54(55(59)49-47-9-7-2)53-64-65(61,62)63-52-51-58(3,4)5/h54-55,59H,6-53H2,1-5H3,(H-,57,60,61,62)/p+1. The Morgan fingerprint density at radius 1 is 0.462 bits per heavy atom. The van der Waals surface area contributed by atoms with Crippen LogP contribution < -0.4 is 5.32 Å². The van der Waals surface area contributed by atoms with E-state index in [0.717, 1.165) is 38.5 Å². The van der Waals surface area contributed by atoms with E-state index in [0.29, 0.717) is 23.9 Å². The molecule has 0 heterocycles. The predicted molar refractivity (Wildman–Crippen MR) is 282 cm³/mol. The van der Waals surface area contributed by atoms with E-state index in [9.17, 15) is 19.4 Å². The predicted octanol–water partition coefficient (Wildman–Crippen LogP) is 17.3. The van der Waals surface area contributed by atoms with Crippen LogP contribution in [0.25, 0.3) is 0 Å². The summed E-state index contributed by atoms with van der Waals surface area (Å²) in [6.45, 7) is 4.76. The minimum absolute atomic E-state index is 0.0765. The number of rotatable bonds is 54. The highest BCUT2D eigenvalue weighted by Gasteiger charge is 2.28. The van der Waals surface area contributed by atoms with Gasteiger partial charge in [0.25, 0.3) is 0 Å². The summed E-state index contributed by atoms with van der Waals surface area (Å²) in [6.07, 6.45) is 58.8. The van der Waals surface area contributed by atoms with E-state index in [-0.39, 0.29) is 19.1 Å². The molecule has 0 aliphatic rings. The minimum Gasteiger partial charge on any atom is -0.391 e. The Labute approximate surface area is 406 Å². The zero-order valence-electron chi connectivity index (χ0n) is 44.5. The van der Waals surface area contributed by atoms with E-state index in [1.165, 1.54) is 238 Å². The molecule has 0 aliphatic carbocycles. The average molecular weight is 945 g/mol. The van der Waals surface area contributed by atoms with E-state index in [2.05, 4.69) is 19.2 Å². The third-order valence-corrected chi connectivity index (χ3v) is 14.6. The number of quaternary nitrogens is 1. The highest BCUT2D eigenvalue weighted by atomic mass is 31.2. The van der Waals surface area contributed by atoms with Gasteiger partial charge in [0, 0.05) is 6.42 Å². The molecular formula is C56H116N2O6P+. The number of nitrogens with one attached hydrogen (secondary N) is 1. The van der Waals surface area contributed by atoms with Gasteiger partial charge in [0.05, 0.1) is 39.9 Å². The quantitative estimate of drug-likeness (QED) is 0.0319. The van der Waals surface area contributed by atoms with Crippen molar-refractivity contribution in [1.82, 2.24) is 5.32 Å². The highest BCUT2D eigenvalue weighted by Crippen LogP contribution is 2.43. The normalized spacial score (nSPS) is 13.9. The first-order chi connectivity index (χ1) is 31.5. The van der Waals surface area contributed by atoms with Gasteiger partial charge in [-0.1, -0.05) is 284 Å². The second kappa shape index (κ2) is 48.5. The van der Waals surface area contributed by atoms with Crippen LogP contribution in [0, 0.1) is 0 Å². The van der Waals surface area contributed by atoms with Crippen molar-refractivity contribution in [3.8, 4) is 0 Å². The monoisotopic (exact) mass is 944 g/mol. The lowest BCUT2D eigenvalue weighted by Crippen LogP contribution is -2.46. The molecule has 0 rings (SSSR count). The van der Waals surface area contributed by atoms with Gasteiger partial charge in [-0.25, -0.2) is 4.57 Å². The third-order valence-electron chi connectivity index (χ3n) is 13.6. The van der Waals surface area contributed by atoms with Crippen LogP contribution in [0.2, 0.25) is 0 Å². The summed E-state index contributed by atoms with van der Waals surface area (Å²) in [5, 5.41) is 13.6. The molecule has 0 fully saturated rings. The highest BCUT2D eigenvalue weighted by molar-refractivity contribution is 7.47. The first kappa shape index (κ1) is 64.5. The van der Waals surface area contributed by atoms with E-state index in [1.54, 1.807) is 0 Å². The Balaban J connectivity index is 3.52. The molecule has 0 spiro atoms. The molecule has 0 aromatic carbocycles. The van der Waals surface area contributed by atoms with Gasteiger partial charge in [-0.15, -0.1) is 0 Å². The van der Waals surface area contributed by atoms with Crippen molar-refractivity contribution in [3.05, 3.63) is 0 Å². The summed E-state index contributed by atoms with van der Waals surface area (Å²) in [5.41, 5.74) is 0. The Hall–Kier alpha value is -0.500. The van der Waals surface area contributed by atoms with Crippen molar-refractivity contribution in [2.75, 3.05) is 40.9 Å². The van der Waals surface area contributed by atoms with E-state index in [4.69, 9.17) is 9.05 Å². The Morgan fingerprint density at radius 2 is 0.738 bits per heavy atom. The molecule has 65 heavy (non-hydrogen) atoms. The smallest absolute Gasteiger partial charge is 0.391 e. The maximum Gasteiger partial charge on any atom is 0.472 e. The average Bonchev–Trinajstić information content (AvgIpc) is 3.26. The van der Waals surface area contributed by atoms with E-state index < -0.39 is 20.0 Å². The number of carbonyl (C=O) groups excluding carboxylic acids is 1. The molecule has 0 aromatic heterocycles. The Kier molecular flexibility index (Phi) is 48.1. The van der Waals surface area contributed by atoms with Crippen molar-refractivity contribution >= 4 is 13.7 Å². The van der Waals surface area contributed by atoms with Gasteiger partial charge in [-0.3, -0.25) is 13.8 Å². The second-order valence-electron chi connectivity index (χ2n) is 21.4. The summed E-state index contributed by atoms with van der Waals surface area (Å²) < 4.78 is 23.4. The van der Waals surface area contributed by atoms with E-state index >= 15 is 0 Å². The number of phosphoric ester groups is 1. The molecule has 3 N–H and O–H groups in total. The molecule has 0 radical (unpaired) electrons. The van der Waals surface area contributed by atoms with Crippen molar-refractivity contribution < 1.29 is 32.9 Å². The van der Waals surface area contributed by atoms with Crippen LogP contribution in [-0.2, 0) is 18.4 Å². The van der Waals surface area contributed by atoms with Gasteiger partial charge in [0.2, 0.25) is 5.91 Å². The second-order valence-corrected chi connectivity index (χ2v) is 22.8. The van der Waals surface area contributed by atoms with Crippen LogP contribution in [0.4, 0.5) is 0 Å². The van der Waals surface area contributed by atoms with E-state index in [1.807, 2.05) is 21.1 Å². The summed E-state index contributed by atoms with van der Waals surface area (Å²) in [6, 6.07) is -0.751. The summed E-state index contributed by atoms with van der Waals surface area (Å²) >= 11 is 0. The molecule has 8 nitrogen and oxygen atoms in total. The number of aliphatic hydroxyl groups excluding tert-OH is 1. The molecule has 3 atom stereocenters. The zero-order chi connectivity index (χ0) is 47.8. The zero-order valence-corrected chi connectivity index (χ0v) is 45.4. The summed E-state index contributed by atoms with van der Waals surface area (Å²) in [4.78, 5) is 22.9. The molecule has 0 aromatic rings. The summed E-state index contributed by atoms with van der Waals surface area (Å²) in [7, 11) is 1.62. The lowest BCUT2D eigenvalue weighted by Gasteiger charge is -2.26. The SMILES string of the molecule is CCCCCCCCCCCCCCCCCCCCCCCCCCCCCCCCCCCCCCCCCCC(=O)NC(COP(=O)(O)OCC[N+](C)(C)C)C(O)CCCCC. The van der Waals surface area contributed by atoms with Crippen LogP contribution in [0.5, 0.6) is 0 Å². The third kappa shape index (κ3) is 51.2. The van der Waals surface area contributed by atoms with Crippen LogP contribution in [0.1, 0.15) is 303 Å². The molecule has 0 aliphatic heterocycles. The van der Waals surface area contributed by atoms with Gasteiger partial charge >= 0.3 is 7.82 Å². The lowest BCUT2D eigenvalue weighted by molar-refractivity contribution is -0.870. The molecule has 9 heteroatoms. The topological polar surface area (TPSA) is 105 Å². The molecule has 0 saturated heterocycles. The maximum absolute atomic E-state index is 12.7. The van der Waals surface area contributed by atoms with Gasteiger partial charge in [-0.2, -0.15) is 0 Å². The number of nitrogens with zero attached hydrogens (tertiary/aromatic N) is 1. The molecular weight excluding hydrogens is 828 g/mol. The van der Waals surface area contributed by atoms with Crippen LogP contribution in [0.3, 0.4) is 0 Å². The number of hydrogen-bond acceptors (Lipinski definition) is 5. The van der Waals surface area contributed by atoms with Crippen molar-refractivity contribution in [1.29, 1.82) is 0 Å². The van der Waals surface area contributed by atoms with Crippen molar-refractivity contribution in [2.24, 2.45) is 0 Å². The first-order valence-electron chi connectivity index (χ1n) is 28.9. The fraction of sp³-hybridized carbons (Fsp3) is 0.982. The number of carbonyl (C=O) groups is 1. The van der Waals surface area contributed by atoms with Crippen molar-refractivity contribution in [3.63, 3.8) is 0 Å². The maximum atomic E-state index is 12.7. The summed E-state index contributed by atoms with van der Waals surface area (Å²) in [5.74, 6) is -0.150. The molecule has 3 unspecified atom stereocenters. The Bertz CT molecular complexity index is 1030. The first-order valence-corrected chi connectivity index (χ1v) is 30.4. The van der Waals surface area contributed by atoms with Crippen LogP contribution in [-0.4, -0.2) is 73.4 Å². The van der Waals surface area contributed by atoms with Gasteiger partial charge in [0.1, 0.15) is 13.2 Å². The minimum atomic E-state index is -4.29. The fourth-order valence-electron chi connectivity index (χ4n) is 9.05. The molecule has 0 bridgehead atoms. The number of aliphatic hydroxyl groups is 1. The fourth-order valence-corrected chi connectivity index (χ4v) is 9.79. The number of unbranched alkanes of at least 4 members (excludes halogenated alkanes) is 41. The molecule has 1 amide bonds. The largest absolute Gasteiger partial charge is 0.472 e. The van der Waals surface area contributed by atoms with Crippen LogP contribution >= 0.6 is 7.82 Å². The number of phosphoric acid groups is 1. The van der Waals surface area contributed by atoms with Gasteiger partial charge in [0.15, 0.2) is 0 Å². The number of amides is 1. The number of hydrogen-bond donors (Lipinski definition) is 3. The molecule has 390 valence electrons. The lowest BCUT2D eigenvalue weighted by atomic mass is 10.0. The van der Waals surface area contributed by atoms with Crippen LogP contribution in [0.15, 0.2) is 0 Å². The van der Waals surface area contributed by atoms with Gasteiger partial charge in [-0.05, 0) is 12.8 Å². The van der Waals surface area contributed by atoms with Gasteiger partial charge < -0.3 is 19.8 Å². The molecule has 0 saturated carbocycles. The Morgan fingerprint density at radius 3 is 1.03 bits per heavy atom.